The first-order chi connectivity index (χ1) is 14.0. The van der Waals surface area contributed by atoms with Crippen molar-refractivity contribution in [3.63, 3.8) is 0 Å². The van der Waals surface area contributed by atoms with Gasteiger partial charge < -0.3 is 9.47 Å². The molecule has 0 saturated heterocycles. The molecule has 1 N–H and O–H groups in total. The molecule has 0 spiro atoms. The van der Waals surface area contributed by atoms with Gasteiger partial charge in [-0.25, -0.2) is 4.98 Å². The Hall–Kier alpha value is -2.38. The van der Waals surface area contributed by atoms with E-state index in [-0.39, 0.29) is 5.91 Å². The molecule has 1 amide bonds. The molecule has 5 nitrogen and oxygen atoms in total. The Labute approximate surface area is 183 Å². The fourth-order valence-electron chi connectivity index (χ4n) is 2.88. The number of thiazole rings is 1. The molecule has 3 aromatic rings. The molecule has 3 rings (SSSR count). The highest BCUT2D eigenvalue weighted by atomic mass is 79.9. The molecule has 152 valence electrons. The zero-order valence-corrected chi connectivity index (χ0v) is 19.0. The van der Waals surface area contributed by atoms with Crippen LogP contribution in [0.2, 0.25) is 0 Å². The number of aryl methyl sites for hydroxylation is 1. The van der Waals surface area contributed by atoms with E-state index in [9.17, 15) is 4.79 Å². The van der Waals surface area contributed by atoms with Gasteiger partial charge in [-0.15, -0.1) is 11.3 Å². The third-order valence-corrected chi connectivity index (χ3v) is 5.90. The molecule has 7 heteroatoms. The number of hydrogen-bond donors (Lipinski definition) is 1. The van der Waals surface area contributed by atoms with Gasteiger partial charge in [0.15, 0.2) is 5.13 Å². The lowest BCUT2D eigenvalue weighted by atomic mass is 10.1. The third-order valence-electron chi connectivity index (χ3n) is 4.25. The van der Waals surface area contributed by atoms with Gasteiger partial charge in [0, 0.05) is 16.0 Å². The number of aromatic nitrogens is 1. The lowest BCUT2D eigenvalue weighted by Gasteiger charge is -2.06. The van der Waals surface area contributed by atoms with E-state index in [0.717, 1.165) is 39.2 Å². The van der Waals surface area contributed by atoms with Gasteiger partial charge in [-0.2, -0.15) is 0 Å². The van der Waals surface area contributed by atoms with E-state index in [1.165, 1.54) is 11.3 Å². The summed E-state index contributed by atoms with van der Waals surface area (Å²) >= 11 is 4.93. The average Bonchev–Trinajstić information content (AvgIpc) is 3.11. The quantitative estimate of drug-likeness (QED) is 0.422. The van der Waals surface area contributed by atoms with Crippen molar-refractivity contribution >= 4 is 38.3 Å². The van der Waals surface area contributed by atoms with E-state index in [4.69, 9.17) is 14.5 Å². The van der Waals surface area contributed by atoms with Crippen molar-refractivity contribution in [2.75, 3.05) is 19.0 Å². The van der Waals surface area contributed by atoms with Gasteiger partial charge in [-0.3, -0.25) is 10.1 Å². The fraction of sp³-hybridized carbons (Fsp3) is 0.273. The highest BCUT2D eigenvalue weighted by Gasteiger charge is 2.16. The highest BCUT2D eigenvalue weighted by molar-refractivity contribution is 9.10. The molecular formula is C22H23BrN2O3S. The molecule has 29 heavy (non-hydrogen) atoms. The molecule has 0 bridgehead atoms. The first kappa shape index (κ1) is 21.3. The van der Waals surface area contributed by atoms with Gasteiger partial charge in [0.2, 0.25) is 0 Å². The van der Waals surface area contributed by atoms with Crippen LogP contribution in [0.3, 0.4) is 0 Å². The smallest absolute Gasteiger partial charge is 0.257 e. The predicted octanol–water partition coefficient (Wildman–Crippen LogP) is 6.18. The summed E-state index contributed by atoms with van der Waals surface area (Å²) in [5, 5.41) is 3.52. The number of methoxy groups -OCH3 is 1. The van der Waals surface area contributed by atoms with Crippen molar-refractivity contribution in [3.05, 3.63) is 57.4 Å². The molecule has 0 aliphatic carbocycles. The molecule has 0 fully saturated rings. The minimum atomic E-state index is -0.205. The van der Waals surface area contributed by atoms with E-state index >= 15 is 0 Å². The van der Waals surface area contributed by atoms with Crippen LogP contribution in [-0.2, 0) is 6.42 Å². The number of rotatable bonds is 8. The largest absolute Gasteiger partial charge is 0.496 e. The number of nitrogens with zero attached hydrogens (tertiary/aromatic N) is 1. The summed E-state index contributed by atoms with van der Waals surface area (Å²) in [4.78, 5) is 18.5. The van der Waals surface area contributed by atoms with Crippen molar-refractivity contribution in [2.45, 2.75) is 26.7 Å². The van der Waals surface area contributed by atoms with Crippen molar-refractivity contribution in [3.8, 4) is 22.8 Å². The van der Waals surface area contributed by atoms with Crippen LogP contribution < -0.4 is 14.8 Å². The van der Waals surface area contributed by atoms with Crippen molar-refractivity contribution in [1.82, 2.24) is 4.98 Å². The van der Waals surface area contributed by atoms with Gasteiger partial charge in [0.05, 0.1) is 23.9 Å². The molecule has 0 aliphatic heterocycles. The number of nitrogens with one attached hydrogen (secondary N) is 1. The van der Waals surface area contributed by atoms with Gasteiger partial charge in [0.25, 0.3) is 5.91 Å². The maximum Gasteiger partial charge on any atom is 0.257 e. The normalized spacial score (nSPS) is 10.6. The Kier molecular flexibility index (Phi) is 7.28. The second kappa shape index (κ2) is 9.89. The number of ether oxygens (including phenoxy) is 2. The number of amides is 1. The second-order valence-corrected chi connectivity index (χ2v) is 8.24. The molecular weight excluding hydrogens is 452 g/mol. The van der Waals surface area contributed by atoms with Crippen LogP contribution in [0.1, 0.15) is 35.5 Å². The van der Waals surface area contributed by atoms with Gasteiger partial charge in [0.1, 0.15) is 11.5 Å². The lowest BCUT2D eigenvalue weighted by Crippen LogP contribution is -2.11. The monoisotopic (exact) mass is 474 g/mol. The summed E-state index contributed by atoms with van der Waals surface area (Å²) in [6, 6.07) is 13.1. The Balaban J connectivity index is 1.84. The van der Waals surface area contributed by atoms with Gasteiger partial charge in [-0.05, 0) is 71.7 Å². The minimum Gasteiger partial charge on any atom is -0.496 e. The molecule has 0 saturated carbocycles. The standard InChI is InChI=1S/C22H23BrN2O3S/c1-4-6-19-20(14-7-10-16(11-8-14)28-5-2)24-22(29-19)25-21(26)15-9-12-18(27-3)17(23)13-15/h7-13H,4-6H2,1-3H3,(H,24,25,26). The number of carbonyl (C=O) groups excluding carboxylic acids is 1. The zero-order chi connectivity index (χ0) is 20.8. The molecule has 0 aliphatic rings. The second-order valence-electron chi connectivity index (χ2n) is 6.30. The molecule has 0 atom stereocenters. The van der Waals surface area contributed by atoms with Crippen LogP contribution in [0.25, 0.3) is 11.3 Å². The lowest BCUT2D eigenvalue weighted by molar-refractivity contribution is 0.102. The van der Waals surface area contributed by atoms with Crippen LogP contribution in [0.4, 0.5) is 5.13 Å². The van der Waals surface area contributed by atoms with E-state index in [1.54, 1.807) is 25.3 Å². The first-order valence-electron chi connectivity index (χ1n) is 9.43. The number of carbonyl (C=O) groups is 1. The SMILES string of the molecule is CCCc1sc(NC(=O)c2ccc(OC)c(Br)c2)nc1-c1ccc(OCC)cc1. The third kappa shape index (κ3) is 5.16. The number of benzene rings is 2. The Morgan fingerprint density at radius 1 is 1.17 bits per heavy atom. The molecule has 0 unspecified atom stereocenters. The maximum absolute atomic E-state index is 12.7. The van der Waals surface area contributed by atoms with E-state index in [0.29, 0.717) is 23.1 Å². The van der Waals surface area contributed by atoms with Crippen molar-refractivity contribution in [1.29, 1.82) is 0 Å². The van der Waals surface area contributed by atoms with E-state index in [2.05, 4.69) is 28.2 Å². The van der Waals surface area contributed by atoms with Gasteiger partial charge >= 0.3 is 0 Å². The van der Waals surface area contributed by atoms with Crippen LogP contribution in [-0.4, -0.2) is 24.6 Å². The highest BCUT2D eigenvalue weighted by Crippen LogP contribution is 2.33. The number of hydrogen-bond acceptors (Lipinski definition) is 5. The summed E-state index contributed by atoms with van der Waals surface area (Å²) in [5.74, 6) is 1.31. The van der Waals surface area contributed by atoms with Gasteiger partial charge in [-0.1, -0.05) is 13.3 Å². The topological polar surface area (TPSA) is 60.5 Å². The van der Waals surface area contributed by atoms with Crippen LogP contribution in [0.15, 0.2) is 46.9 Å². The Bertz CT molecular complexity index is 986. The predicted molar refractivity (Wildman–Crippen MR) is 121 cm³/mol. The molecule has 0 radical (unpaired) electrons. The zero-order valence-electron chi connectivity index (χ0n) is 16.6. The average molecular weight is 475 g/mol. The van der Waals surface area contributed by atoms with Crippen molar-refractivity contribution in [2.24, 2.45) is 0 Å². The van der Waals surface area contributed by atoms with E-state index in [1.807, 2.05) is 31.2 Å². The van der Waals surface area contributed by atoms with Crippen LogP contribution >= 0.6 is 27.3 Å². The maximum atomic E-state index is 12.7. The Morgan fingerprint density at radius 3 is 2.55 bits per heavy atom. The summed E-state index contributed by atoms with van der Waals surface area (Å²) in [7, 11) is 1.59. The summed E-state index contributed by atoms with van der Waals surface area (Å²) < 4.78 is 11.5. The minimum absolute atomic E-state index is 0.205. The molecule has 2 aromatic carbocycles. The van der Waals surface area contributed by atoms with Crippen molar-refractivity contribution < 1.29 is 14.3 Å². The fourth-order valence-corrected chi connectivity index (χ4v) is 4.50. The van der Waals surface area contributed by atoms with Crippen LogP contribution in [0.5, 0.6) is 11.5 Å². The molecule has 1 heterocycles. The summed E-state index contributed by atoms with van der Waals surface area (Å²) in [5.41, 5.74) is 2.46. The number of halogens is 1. The number of anilines is 1. The first-order valence-corrected chi connectivity index (χ1v) is 11.0. The van der Waals surface area contributed by atoms with E-state index < -0.39 is 0 Å². The Morgan fingerprint density at radius 2 is 1.93 bits per heavy atom. The van der Waals surface area contributed by atoms with Crippen LogP contribution in [0, 0.1) is 0 Å². The summed E-state index contributed by atoms with van der Waals surface area (Å²) in [6.45, 7) is 4.73. The summed E-state index contributed by atoms with van der Waals surface area (Å²) in [6.07, 6.45) is 1.91. The molecule has 1 aromatic heterocycles.